The summed E-state index contributed by atoms with van der Waals surface area (Å²) < 4.78 is 11.0. The molecule has 6 nitrogen and oxygen atoms in total. The SMILES string of the molecule is CCCCCCCCCCCCCCCN(C)CCCOC(=O)c1ccc(C(=O)OCCCN(C)CCCCCCCCCCCCCCC)cc1. The first kappa shape index (κ1) is 48.1. The molecule has 302 valence electrons. The fraction of sp³-hybridized carbons (Fsp3) is 0.826. The Labute approximate surface area is 322 Å². The Morgan fingerprint density at radius 3 is 0.885 bits per heavy atom. The number of carbonyl (C=O) groups excluding carboxylic acids is 2. The second-order valence-corrected chi connectivity index (χ2v) is 15.6. The van der Waals surface area contributed by atoms with Crippen LogP contribution in [0.1, 0.15) is 214 Å². The summed E-state index contributed by atoms with van der Waals surface area (Å²) in [6.45, 7) is 9.40. The molecule has 0 N–H and O–H groups in total. The largest absolute Gasteiger partial charge is 0.462 e. The van der Waals surface area contributed by atoms with Gasteiger partial charge in [0, 0.05) is 13.1 Å². The molecule has 0 aliphatic heterocycles. The van der Waals surface area contributed by atoms with Gasteiger partial charge in [-0.05, 0) is 77.1 Å². The number of ether oxygens (including phenoxy) is 2. The molecule has 1 aromatic carbocycles. The van der Waals surface area contributed by atoms with E-state index in [0.717, 1.165) is 39.0 Å². The second kappa shape index (κ2) is 36.1. The van der Waals surface area contributed by atoms with Gasteiger partial charge in [-0.15, -0.1) is 0 Å². The van der Waals surface area contributed by atoms with E-state index in [1.807, 2.05) is 0 Å². The van der Waals surface area contributed by atoms with Crippen LogP contribution in [0.15, 0.2) is 24.3 Å². The van der Waals surface area contributed by atoms with Crippen LogP contribution in [0.5, 0.6) is 0 Å². The predicted molar refractivity (Wildman–Crippen MR) is 223 cm³/mol. The first-order valence-corrected chi connectivity index (χ1v) is 22.3. The molecule has 0 saturated heterocycles. The van der Waals surface area contributed by atoms with Crippen LogP contribution in [0.25, 0.3) is 0 Å². The molecule has 0 radical (unpaired) electrons. The number of benzene rings is 1. The van der Waals surface area contributed by atoms with Crippen molar-refractivity contribution in [1.29, 1.82) is 0 Å². The smallest absolute Gasteiger partial charge is 0.338 e. The number of rotatable bonds is 38. The van der Waals surface area contributed by atoms with E-state index in [0.29, 0.717) is 24.3 Å². The van der Waals surface area contributed by atoms with Crippen LogP contribution >= 0.6 is 0 Å². The Hall–Kier alpha value is -1.92. The van der Waals surface area contributed by atoms with E-state index in [2.05, 4.69) is 37.7 Å². The van der Waals surface area contributed by atoms with Gasteiger partial charge >= 0.3 is 11.9 Å². The summed E-state index contributed by atoms with van der Waals surface area (Å²) in [7, 11) is 4.30. The van der Waals surface area contributed by atoms with Crippen LogP contribution in [0, 0.1) is 0 Å². The highest BCUT2D eigenvalue weighted by atomic mass is 16.5. The van der Waals surface area contributed by atoms with Gasteiger partial charge in [0.05, 0.1) is 24.3 Å². The van der Waals surface area contributed by atoms with Gasteiger partial charge in [0.25, 0.3) is 0 Å². The molecular formula is C46H84N2O4. The van der Waals surface area contributed by atoms with E-state index in [1.54, 1.807) is 24.3 Å². The molecule has 0 spiro atoms. The molecule has 1 rings (SSSR count). The third kappa shape index (κ3) is 29.5. The van der Waals surface area contributed by atoms with Crippen molar-refractivity contribution in [1.82, 2.24) is 9.80 Å². The average molecular weight is 729 g/mol. The lowest BCUT2D eigenvalue weighted by atomic mass is 10.0. The fourth-order valence-corrected chi connectivity index (χ4v) is 6.93. The Bertz CT molecular complexity index is 862. The standard InChI is InChI=1S/C46H84N2O4/c1-5-7-9-11-13-15-17-19-21-23-25-27-29-37-47(3)39-31-41-51-45(49)43-33-35-44(36-34-43)46(50)52-42-32-40-48(4)38-30-28-26-24-22-20-18-16-14-12-10-8-6-2/h33-36H,5-32,37-42H2,1-4H3. The third-order valence-electron chi connectivity index (χ3n) is 10.5. The number of esters is 2. The summed E-state index contributed by atoms with van der Waals surface area (Å²) in [5, 5.41) is 0. The normalized spacial score (nSPS) is 11.5. The highest BCUT2D eigenvalue weighted by Crippen LogP contribution is 2.14. The van der Waals surface area contributed by atoms with Crippen LogP contribution in [-0.4, -0.2) is 75.2 Å². The molecule has 0 amide bonds. The van der Waals surface area contributed by atoms with Crippen LogP contribution in [0.2, 0.25) is 0 Å². The van der Waals surface area contributed by atoms with Gasteiger partial charge in [-0.1, -0.05) is 168 Å². The quantitative estimate of drug-likeness (QED) is 0.0499. The molecule has 0 saturated carbocycles. The summed E-state index contributed by atoms with van der Waals surface area (Å²) in [4.78, 5) is 29.7. The van der Waals surface area contributed by atoms with Crippen LogP contribution in [-0.2, 0) is 9.47 Å². The zero-order chi connectivity index (χ0) is 37.7. The number of nitrogens with zero attached hydrogens (tertiary/aromatic N) is 2. The molecule has 0 unspecified atom stereocenters. The molecule has 0 heterocycles. The number of hydrogen-bond donors (Lipinski definition) is 0. The van der Waals surface area contributed by atoms with Crippen LogP contribution in [0.3, 0.4) is 0 Å². The van der Waals surface area contributed by atoms with Crippen molar-refractivity contribution >= 4 is 11.9 Å². The number of unbranched alkanes of at least 4 members (excludes halogenated alkanes) is 24. The predicted octanol–water partition coefficient (Wildman–Crippen LogP) is 12.8. The zero-order valence-corrected chi connectivity index (χ0v) is 34.9. The van der Waals surface area contributed by atoms with Gasteiger partial charge in [0.15, 0.2) is 0 Å². The molecule has 1 aromatic rings. The van der Waals surface area contributed by atoms with E-state index in [-0.39, 0.29) is 11.9 Å². The fourth-order valence-electron chi connectivity index (χ4n) is 6.93. The maximum absolute atomic E-state index is 12.5. The Morgan fingerprint density at radius 2 is 0.615 bits per heavy atom. The minimum Gasteiger partial charge on any atom is -0.462 e. The average Bonchev–Trinajstić information content (AvgIpc) is 3.15. The minimum absolute atomic E-state index is 0.342. The lowest BCUT2D eigenvalue weighted by molar-refractivity contribution is 0.0476. The summed E-state index contributed by atoms with van der Waals surface area (Å²) in [6, 6.07) is 6.62. The number of hydrogen-bond acceptors (Lipinski definition) is 6. The van der Waals surface area contributed by atoms with Gasteiger partial charge in [-0.3, -0.25) is 0 Å². The third-order valence-corrected chi connectivity index (χ3v) is 10.5. The Balaban J connectivity index is 1.99. The van der Waals surface area contributed by atoms with Crippen LogP contribution in [0.4, 0.5) is 0 Å². The zero-order valence-electron chi connectivity index (χ0n) is 34.9. The minimum atomic E-state index is -0.342. The van der Waals surface area contributed by atoms with Gasteiger partial charge in [-0.25, -0.2) is 9.59 Å². The van der Waals surface area contributed by atoms with Gasteiger partial charge < -0.3 is 19.3 Å². The Kier molecular flexibility index (Phi) is 33.4. The molecule has 0 aliphatic rings. The van der Waals surface area contributed by atoms with Crippen molar-refractivity contribution < 1.29 is 19.1 Å². The molecular weight excluding hydrogens is 645 g/mol. The van der Waals surface area contributed by atoms with E-state index in [9.17, 15) is 9.59 Å². The monoisotopic (exact) mass is 729 g/mol. The van der Waals surface area contributed by atoms with Gasteiger partial charge in [-0.2, -0.15) is 0 Å². The second-order valence-electron chi connectivity index (χ2n) is 15.6. The van der Waals surface area contributed by atoms with Crippen molar-refractivity contribution in [3.63, 3.8) is 0 Å². The summed E-state index contributed by atoms with van der Waals surface area (Å²) >= 11 is 0. The number of carbonyl (C=O) groups is 2. The summed E-state index contributed by atoms with van der Waals surface area (Å²) in [5.74, 6) is -0.684. The highest BCUT2D eigenvalue weighted by Gasteiger charge is 2.11. The van der Waals surface area contributed by atoms with Crippen molar-refractivity contribution in [3.8, 4) is 0 Å². The molecule has 52 heavy (non-hydrogen) atoms. The van der Waals surface area contributed by atoms with Crippen molar-refractivity contribution in [2.75, 3.05) is 53.5 Å². The molecule has 6 heteroatoms. The van der Waals surface area contributed by atoms with E-state index >= 15 is 0 Å². The topological polar surface area (TPSA) is 59.1 Å². The van der Waals surface area contributed by atoms with Gasteiger partial charge in [0.1, 0.15) is 0 Å². The lowest BCUT2D eigenvalue weighted by Gasteiger charge is -2.16. The van der Waals surface area contributed by atoms with Gasteiger partial charge in [0.2, 0.25) is 0 Å². The maximum Gasteiger partial charge on any atom is 0.338 e. The van der Waals surface area contributed by atoms with Crippen molar-refractivity contribution in [3.05, 3.63) is 35.4 Å². The van der Waals surface area contributed by atoms with E-state index in [4.69, 9.17) is 9.47 Å². The summed E-state index contributed by atoms with van der Waals surface area (Å²) in [6.07, 6.45) is 37.4. The van der Waals surface area contributed by atoms with Crippen molar-refractivity contribution in [2.24, 2.45) is 0 Å². The Morgan fingerprint density at radius 1 is 0.385 bits per heavy atom. The molecule has 0 fully saturated rings. The maximum atomic E-state index is 12.5. The molecule has 0 atom stereocenters. The van der Waals surface area contributed by atoms with Crippen molar-refractivity contribution in [2.45, 2.75) is 194 Å². The highest BCUT2D eigenvalue weighted by molar-refractivity contribution is 5.93. The van der Waals surface area contributed by atoms with E-state index in [1.165, 1.54) is 167 Å². The van der Waals surface area contributed by atoms with Crippen LogP contribution < -0.4 is 0 Å². The first-order valence-electron chi connectivity index (χ1n) is 22.3. The molecule has 0 aliphatic carbocycles. The summed E-state index contributed by atoms with van der Waals surface area (Å²) in [5.41, 5.74) is 0.929. The molecule has 0 bridgehead atoms. The molecule has 0 aromatic heterocycles. The van der Waals surface area contributed by atoms with E-state index < -0.39 is 0 Å². The first-order chi connectivity index (χ1) is 25.5. The lowest BCUT2D eigenvalue weighted by Crippen LogP contribution is -2.22.